The summed E-state index contributed by atoms with van der Waals surface area (Å²) in [6, 6.07) is 15.5. The maximum Gasteiger partial charge on any atom is 0.416 e. The Morgan fingerprint density at radius 1 is 0.971 bits per heavy atom. The summed E-state index contributed by atoms with van der Waals surface area (Å²) in [5.74, 6) is 1.64. The SMILES string of the molecule is CCCc1nc(-c2ccccc2)c(CNCCN2CCN(c3ccc(C(F)(F)F)cc3)CC2)o1. The number of hydrogen-bond donors (Lipinski definition) is 1. The van der Waals surface area contributed by atoms with E-state index in [1.165, 1.54) is 0 Å². The van der Waals surface area contributed by atoms with Gasteiger partial charge >= 0.3 is 6.18 Å². The summed E-state index contributed by atoms with van der Waals surface area (Å²) >= 11 is 0. The molecule has 0 atom stereocenters. The molecule has 1 aromatic heterocycles. The number of anilines is 1. The van der Waals surface area contributed by atoms with E-state index < -0.39 is 11.7 Å². The van der Waals surface area contributed by atoms with Crippen LogP contribution in [0.15, 0.2) is 59.0 Å². The zero-order valence-electron chi connectivity index (χ0n) is 19.4. The van der Waals surface area contributed by atoms with Crippen molar-refractivity contribution in [3.05, 3.63) is 71.8 Å². The number of alkyl halides is 3. The molecular formula is C26H31F3N4O. The number of rotatable bonds is 9. The number of aryl methyl sites for hydroxylation is 1. The van der Waals surface area contributed by atoms with Gasteiger partial charge in [0.1, 0.15) is 11.5 Å². The lowest BCUT2D eigenvalue weighted by molar-refractivity contribution is -0.137. The van der Waals surface area contributed by atoms with Crippen molar-refractivity contribution in [2.45, 2.75) is 32.5 Å². The number of piperazine rings is 1. The Hall–Kier alpha value is -2.84. The second kappa shape index (κ2) is 11.1. The molecule has 1 fully saturated rings. The fourth-order valence-corrected chi connectivity index (χ4v) is 4.19. The van der Waals surface area contributed by atoms with E-state index in [9.17, 15) is 13.2 Å². The van der Waals surface area contributed by atoms with Crippen LogP contribution in [0, 0.1) is 0 Å². The Morgan fingerprint density at radius 2 is 1.68 bits per heavy atom. The van der Waals surface area contributed by atoms with Gasteiger partial charge in [0, 0.05) is 56.9 Å². The predicted octanol–water partition coefficient (Wildman–Crippen LogP) is 5.22. The molecule has 0 saturated carbocycles. The van der Waals surface area contributed by atoms with Crippen molar-refractivity contribution in [2.24, 2.45) is 0 Å². The van der Waals surface area contributed by atoms with Crippen molar-refractivity contribution in [3.63, 3.8) is 0 Å². The summed E-state index contributed by atoms with van der Waals surface area (Å²) in [7, 11) is 0. The van der Waals surface area contributed by atoms with Crippen LogP contribution < -0.4 is 10.2 Å². The Kier molecular flexibility index (Phi) is 7.90. The summed E-state index contributed by atoms with van der Waals surface area (Å²) in [5.41, 5.74) is 2.20. The first-order valence-corrected chi connectivity index (χ1v) is 11.8. The average molecular weight is 473 g/mol. The van der Waals surface area contributed by atoms with Crippen molar-refractivity contribution >= 4 is 5.69 Å². The quantitative estimate of drug-likeness (QED) is 0.433. The zero-order valence-corrected chi connectivity index (χ0v) is 19.4. The summed E-state index contributed by atoms with van der Waals surface area (Å²) < 4.78 is 44.4. The van der Waals surface area contributed by atoms with E-state index in [0.717, 1.165) is 92.8 Å². The minimum absolute atomic E-state index is 0.607. The van der Waals surface area contributed by atoms with Crippen molar-refractivity contribution in [1.82, 2.24) is 15.2 Å². The summed E-state index contributed by atoms with van der Waals surface area (Å²) in [6.07, 6.45) is -2.49. The smallest absolute Gasteiger partial charge is 0.416 e. The van der Waals surface area contributed by atoms with E-state index in [1.807, 2.05) is 30.3 Å². The van der Waals surface area contributed by atoms with Crippen molar-refractivity contribution in [1.29, 1.82) is 0 Å². The number of nitrogens with one attached hydrogen (secondary N) is 1. The Bertz CT molecular complexity index is 1030. The van der Waals surface area contributed by atoms with Crippen LogP contribution in [0.3, 0.4) is 0 Å². The standard InChI is InChI=1S/C26H31F3N4O/c1-2-6-24-31-25(20-7-4-3-5-8-20)23(34-24)19-30-13-14-32-15-17-33(18-16-32)22-11-9-21(10-12-22)26(27,28)29/h3-5,7-12,30H,2,6,13-19H2,1H3. The van der Waals surface area contributed by atoms with E-state index in [-0.39, 0.29) is 0 Å². The van der Waals surface area contributed by atoms with Crippen molar-refractivity contribution in [2.75, 3.05) is 44.2 Å². The summed E-state index contributed by atoms with van der Waals surface area (Å²) in [4.78, 5) is 9.22. The molecule has 5 nitrogen and oxygen atoms in total. The highest BCUT2D eigenvalue weighted by Gasteiger charge is 2.30. The fraction of sp³-hybridized carbons (Fsp3) is 0.423. The number of benzene rings is 2. The number of oxazole rings is 1. The van der Waals surface area contributed by atoms with E-state index >= 15 is 0 Å². The first-order valence-electron chi connectivity index (χ1n) is 11.8. The van der Waals surface area contributed by atoms with Crippen LogP contribution in [0.1, 0.15) is 30.6 Å². The van der Waals surface area contributed by atoms with Gasteiger partial charge in [0.05, 0.1) is 12.1 Å². The minimum atomic E-state index is -4.30. The lowest BCUT2D eigenvalue weighted by Gasteiger charge is -2.36. The molecule has 4 rings (SSSR count). The van der Waals surface area contributed by atoms with Gasteiger partial charge in [0.15, 0.2) is 5.89 Å². The zero-order chi connectivity index (χ0) is 24.0. The second-order valence-corrected chi connectivity index (χ2v) is 8.55. The predicted molar refractivity (Wildman–Crippen MR) is 128 cm³/mol. The van der Waals surface area contributed by atoms with Gasteiger partial charge in [0.25, 0.3) is 0 Å². The van der Waals surface area contributed by atoms with Crippen LogP contribution in [0.4, 0.5) is 18.9 Å². The third-order valence-electron chi connectivity index (χ3n) is 6.08. The van der Waals surface area contributed by atoms with Crippen LogP contribution in [-0.4, -0.2) is 49.2 Å². The average Bonchev–Trinajstić information content (AvgIpc) is 3.25. The van der Waals surface area contributed by atoms with Gasteiger partial charge in [-0.05, 0) is 30.7 Å². The molecule has 0 aliphatic carbocycles. The van der Waals surface area contributed by atoms with Crippen LogP contribution in [0.2, 0.25) is 0 Å². The largest absolute Gasteiger partial charge is 0.444 e. The van der Waals surface area contributed by atoms with Crippen LogP contribution >= 0.6 is 0 Å². The maximum absolute atomic E-state index is 12.8. The Balaban J connectivity index is 1.24. The van der Waals surface area contributed by atoms with Gasteiger partial charge < -0.3 is 14.6 Å². The van der Waals surface area contributed by atoms with Crippen LogP contribution in [-0.2, 0) is 19.1 Å². The molecule has 1 N–H and O–H groups in total. The van der Waals surface area contributed by atoms with Gasteiger partial charge in [-0.15, -0.1) is 0 Å². The molecule has 34 heavy (non-hydrogen) atoms. The number of hydrogen-bond acceptors (Lipinski definition) is 5. The topological polar surface area (TPSA) is 44.5 Å². The van der Waals surface area contributed by atoms with Gasteiger partial charge in [-0.3, -0.25) is 4.90 Å². The highest BCUT2D eigenvalue weighted by atomic mass is 19.4. The first-order chi connectivity index (χ1) is 16.4. The van der Waals surface area contributed by atoms with E-state index in [2.05, 4.69) is 22.0 Å². The normalized spacial score (nSPS) is 15.1. The summed E-state index contributed by atoms with van der Waals surface area (Å²) in [6.45, 7) is 7.80. The van der Waals surface area contributed by atoms with Gasteiger partial charge in [-0.2, -0.15) is 13.2 Å². The van der Waals surface area contributed by atoms with Gasteiger partial charge in [-0.1, -0.05) is 37.3 Å². The van der Waals surface area contributed by atoms with Crippen LogP contribution in [0.5, 0.6) is 0 Å². The van der Waals surface area contributed by atoms with Crippen LogP contribution in [0.25, 0.3) is 11.3 Å². The molecule has 1 aliphatic rings. The molecular weight excluding hydrogens is 441 g/mol. The second-order valence-electron chi connectivity index (χ2n) is 8.55. The molecule has 1 saturated heterocycles. The summed E-state index contributed by atoms with van der Waals surface area (Å²) in [5, 5.41) is 3.48. The highest BCUT2D eigenvalue weighted by molar-refractivity contribution is 5.61. The molecule has 182 valence electrons. The van der Waals surface area contributed by atoms with Gasteiger partial charge in [0.2, 0.25) is 0 Å². The van der Waals surface area contributed by atoms with Crippen molar-refractivity contribution in [3.8, 4) is 11.3 Å². The lowest BCUT2D eigenvalue weighted by Crippen LogP contribution is -2.48. The molecule has 8 heteroatoms. The molecule has 2 heterocycles. The highest BCUT2D eigenvalue weighted by Crippen LogP contribution is 2.30. The van der Waals surface area contributed by atoms with E-state index in [1.54, 1.807) is 12.1 Å². The fourth-order valence-electron chi connectivity index (χ4n) is 4.19. The molecule has 0 amide bonds. The third-order valence-corrected chi connectivity index (χ3v) is 6.08. The van der Waals surface area contributed by atoms with Crippen molar-refractivity contribution < 1.29 is 17.6 Å². The number of aromatic nitrogens is 1. The lowest BCUT2D eigenvalue weighted by atomic mass is 10.1. The molecule has 0 radical (unpaired) electrons. The first kappa shape index (κ1) is 24.3. The molecule has 0 unspecified atom stereocenters. The molecule has 2 aromatic carbocycles. The molecule has 0 spiro atoms. The van der Waals surface area contributed by atoms with E-state index in [0.29, 0.717) is 6.54 Å². The van der Waals surface area contributed by atoms with Gasteiger partial charge in [-0.25, -0.2) is 4.98 Å². The number of halogens is 3. The monoisotopic (exact) mass is 472 g/mol. The molecule has 3 aromatic rings. The Morgan fingerprint density at radius 3 is 2.32 bits per heavy atom. The van der Waals surface area contributed by atoms with E-state index in [4.69, 9.17) is 9.40 Å². The molecule has 0 bridgehead atoms. The molecule has 1 aliphatic heterocycles. The maximum atomic E-state index is 12.8. The Labute approximate surface area is 198 Å². The number of nitrogens with zero attached hydrogens (tertiary/aromatic N) is 3. The third kappa shape index (κ3) is 6.18. The minimum Gasteiger partial charge on any atom is -0.444 e.